The van der Waals surface area contributed by atoms with Gasteiger partial charge in [0.2, 0.25) is 0 Å². The minimum atomic E-state index is 0.302. The molecule has 0 spiro atoms. The lowest BCUT2D eigenvalue weighted by atomic mass is 10.0. The summed E-state index contributed by atoms with van der Waals surface area (Å²) < 4.78 is 0. The number of fused-ring (bicyclic) bond motifs is 1. The third kappa shape index (κ3) is 2.62. The second-order valence-corrected chi connectivity index (χ2v) is 5.66. The maximum Gasteiger partial charge on any atom is 0.0346 e. The molecule has 2 heterocycles. The molecule has 3 nitrogen and oxygen atoms in total. The highest BCUT2D eigenvalue weighted by Gasteiger charge is 2.25. The normalized spacial score (nSPS) is 21.9. The van der Waals surface area contributed by atoms with Crippen molar-refractivity contribution in [2.45, 2.75) is 25.9 Å². The number of benzene rings is 1. The van der Waals surface area contributed by atoms with E-state index in [1.165, 1.54) is 22.8 Å². The number of pyridine rings is 1. The summed E-state index contributed by atoms with van der Waals surface area (Å²) in [6.07, 6.45) is 5.16. The second kappa shape index (κ2) is 5.27. The van der Waals surface area contributed by atoms with Crippen molar-refractivity contribution in [2.75, 3.05) is 13.1 Å². The van der Waals surface area contributed by atoms with E-state index in [1.807, 2.05) is 12.4 Å². The molecule has 3 heteroatoms. The number of hydrogen-bond acceptors (Lipinski definition) is 3. The van der Waals surface area contributed by atoms with Crippen LogP contribution in [0.4, 0.5) is 0 Å². The Morgan fingerprint density at radius 2 is 2.21 bits per heavy atom. The molecule has 1 aliphatic rings. The lowest BCUT2D eigenvalue weighted by molar-refractivity contribution is 0.309. The van der Waals surface area contributed by atoms with Crippen molar-refractivity contribution >= 4 is 10.8 Å². The van der Waals surface area contributed by atoms with Crippen molar-refractivity contribution in [3.05, 3.63) is 42.2 Å². The van der Waals surface area contributed by atoms with Crippen LogP contribution >= 0.6 is 0 Å². The zero-order valence-electron chi connectivity index (χ0n) is 11.4. The van der Waals surface area contributed by atoms with Gasteiger partial charge in [-0.1, -0.05) is 24.3 Å². The topological polar surface area (TPSA) is 42.1 Å². The Kier molecular flexibility index (Phi) is 3.49. The number of nitrogens with zero attached hydrogens (tertiary/aromatic N) is 2. The quantitative estimate of drug-likeness (QED) is 0.915. The Bertz CT molecular complexity index is 559. The smallest absolute Gasteiger partial charge is 0.0346 e. The summed E-state index contributed by atoms with van der Waals surface area (Å²) in [5, 5.41) is 2.55. The molecule has 0 radical (unpaired) electrons. The van der Waals surface area contributed by atoms with Gasteiger partial charge in [0.15, 0.2) is 0 Å². The SMILES string of the molecule is CC(N)C1CCN(Cc2cncc3ccccc23)C1. The van der Waals surface area contributed by atoms with Crippen LogP contribution in [0.1, 0.15) is 18.9 Å². The summed E-state index contributed by atoms with van der Waals surface area (Å²) in [6.45, 7) is 5.36. The minimum Gasteiger partial charge on any atom is -0.328 e. The molecule has 100 valence electrons. The van der Waals surface area contributed by atoms with Crippen LogP contribution in [0.5, 0.6) is 0 Å². The lowest BCUT2D eigenvalue weighted by Gasteiger charge is -2.18. The summed E-state index contributed by atoms with van der Waals surface area (Å²) in [4.78, 5) is 6.86. The van der Waals surface area contributed by atoms with Crippen LogP contribution in [-0.4, -0.2) is 29.0 Å². The van der Waals surface area contributed by atoms with Crippen LogP contribution in [0.3, 0.4) is 0 Å². The standard InChI is InChI=1S/C16H21N3/c1-12(17)14-6-7-19(10-14)11-15-9-18-8-13-4-2-3-5-16(13)15/h2-5,8-9,12,14H,6-7,10-11,17H2,1H3. The van der Waals surface area contributed by atoms with Crippen molar-refractivity contribution in [3.63, 3.8) is 0 Å². The predicted molar refractivity (Wildman–Crippen MR) is 78.8 cm³/mol. The number of hydrogen-bond donors (Lipinski definition) is 1. The van der Waals surface area contributed by atoms with E-state index in [4.69, 9.17) is 5.73 Å². The molecule has 2 atom stereocenters. The first-order chi connectivity index (χ1) is 9.24. The minimum absolute atomic E-state index is 0.302. The van der Waals surface area contributed by atoms with E-state index in [0.29, 0.717) is 12.0 Å². The number of aromatic nitrogens is 1. The van der Waals surface area contributed by atoms with Gasteiger partial charge in [-0.15, -0.1) is 0 Å². The number of nitrogens with two attached hydrogens (primary N) is 1. The van der Waals surface area contributed by atoms with Crippen LogP contribution in [0, 0.1) is 5.92 Å². The van der Waals surface area contributed by atoms with Gasteiger partial charge in [-0.25, -0.2) is 0 Å². The fourth-order valence-corrected chi connectivity index (χ4v) is 2.98. The Balaban J connectivity index is 1.79. The maximum absolute atomic E-state index is 6.00. The van der Waals surface area contributed by atoms with Crippen LogP contribution < -0.4 is 5.73 Å². The first-order valence-corrected chi connectivity index (χ1v) is 7.03. The number of likely N-dealkylation sites (tertiary alicyclic amines) is 1. The highest BCUT2D eigenvalue weighted by atomic mass is 15.1. The van der Waals surface area contributed by atoms with Gasteiger partial charge in [0, 0.05) is 36.9 Å². The molecule has 1 aromatic heterocycles. The maximum atomic E-state index is 6.00. The first-order valence-electron chi connectivity index (χ1n) is 7.03. The lowest BCUT2D eigenvalue weighted by Crippen LogP contribution is -2.29. The van der Waals surface area contributed by atoms with Gasteiger partial charge in [-0.2, -0.15) is 0 Å². The molecular weight excluding hydrogens is 234 g/mol. The van der Waals surface area contributed by atoms with E-state index in [2.05, 4.69) is 41.1 Å². The summed E-state index contributed by atoms with van der Waals surface area (Å²) in [7, 11) is 0. The fourth-order valence-electron chi connectivity index (χ4n) is 2.98. The number of rotatable bonds is 3. The van der Waals surface area contributed by atoms with Gasteiger partial charge in [0.25, 0.3) is 0 Å². The Hall–Kier alpha value is -1.45. The van der Waals surface area contributed by atoms with Gasteiger partial charge in [0.1, 0.15) is 0 Å². The molecule has 0 saturated carbocycles. The summed E-state index contributed by atoms with van der Waals surface area (Å²) >= 11 is 0. The molecule has 1 aromatic carbocycles. The predicted octanol–water partition coefficient (Wildman–Crippen LogP) is 2.40. The Morgan fingerprint density at radius 1 is 1.37 bits per heavy atom. The van der Waals surface area contributed by atoms with Crippen LogP contribution in [0.15, 0.2) is 36.7 Å². The third-order valence-electron chi connectivity index (χ3n) is 4.20. The van der Waals surface area contributed by atoms with E-state index >= 15 is 0 Å². The highest BCUT2D eigenvalue weighted by molar-refractivity contribution is 5.84. The molecule has 2 N–H and O–H groups in total. The average molecular weight is 255 g/mol. The molecule has 3 rings (SSSR count). The van der Waals surface area contributed by atoms with Crippen molar-refractivity contribution in [1.29, 1.82) is 0 Å². The third-order valence-corrected chi connectivity index (χ3v) is 4.20. The summed E-state index contributed by atoms with van der Waals surface area (Å²) in [5.74, 6) is 0.642. The van der Waals surface area contributed by atoms with Gasteiger partial charge in [-0.3, -0.25) is 9.88 Å². The first kappa shape index (κ1) is 12.6. The molecule has 2 unspecified atom stereocenters. The van der Waals surface area contributed by atoms with Crippen molar-refractivity contribution in [1.82, 2.24) is 9.88 Å². The van der Waals surface area contributed by atoms with Gasteiger partial charge in [0.05, 0.1) is 0 Å². The second-order valence-electron chi connectivity index (χ2n) is 5.66. The molecule has 0 bridgehead atoms. The summed E-state index contributed by atoms with van der Waals surface area (Å²) in [6, 6.07) is 8.78. The fraction of sp³-hybridized carbons (Fsp3) is 0.438. The van der Waals surface area contributed by atoms with E-state index in [0.717, 1.165) is 19.6 Å². The molecule has 2 aromatic rings. The van der Waals surface area contributed by atoms with Crippen molar-refractivity contribution < 1.29 is 0 Å². The van der Waals surface area contributed by atoms with Crippen LogP contribution in [0.2, 0.25) is 0 Å². The van der Waals surface area contributed by atoms with Crippen molar-refractivity contribution in [2.24, 2.45) is 11.7 Å². The molecule has 1 fully saturated rings. The zero-order valence-corrected chi connectivity index (χ0v) is 11.4. The van der Waals surface area contributed by atoms with Gasteiger partial charge >= 0.3 is 0 Å². The zero-order chi connectivity index (χ0) is 13.2. The van der Waals surface area contributed by atoms with Crippen molar-refractivity contribution in [3.8, 4) is 0 Å². The summed E-state index contributed by atoms with van der Waals surface area (Å²) in [5.41, 5.74) is 7.33. The van der Waals surface area contributed by atoms with Crippen LogP contribution in [-0.2, 0) is 6.54 Å². The van der Waals surface area contributed by atoms with E-state index < -0.39 is 0 Å². The highest BCUT2D eigenvalue weighted by Crippen LogP contribution is 2.23. The molecule has 19 heavy (non-hydrogen) atoms. The molecule has 0 aliphatic carbocycles. The monoisotopic (exact) mass is 255 g/mol. The van der Waals surface area contributed by atoms with Crippen LogP contribution in [0.25, 0.3) is 10.8 Å². The van der Waals surface area contributed by atoms with Gasteiger partial charge < -0.3 is 5.73 Å². The molecular formula is C16H21N3. The Labute approximate surface area is 114 Å². The van der Waals surface area contributed by atoms with E-state index in [9.17, 15) is 0 Å². The average Bonchev–Trinajstić information content (AvgIpc) is 2.88. The van der Waals surface area contributed by atoms with E-state index in [1.54, 1.807) is 0 Å². The molecule has 0 amide bonds. The van der Waals surface area contributed by atoms with E-state index in [-0.39, 0.29) is 0 Å². The largest absolute Gasteiger partial charge is 0.328 e. The molecule has 1 aliphatic heterocycles. The molecule has 1 saturated heterocycles. The van der Waals surface area contributed by atoms with Gasteiger partial charge in [-0.05, 0) is 36.8 Å². The Morgan fingerprint density at radius 3 is 3.00 bits per heavy atom.